The minimum atomic E-state index is -0.503. The lowest BCUT2D eigenvalue weighted by atomic mass is 10.3. The molecule has 0 aromatic heterocycles. The number of hydrogen-bond donors (Lipinski definition) is 1. The van der Waals surface area contributed by atoms with E-state index in [0.717, 1.165) is 6.42 Å². The van der Waals surface area contributed by atoms with Crippen LogP contribution in [-0.2, 0) is 19.1 Å². The van der Waals surface area contributed by atoms with Crippen molar-refractivity contribution in [2.75, 3.05) is 45.9 Å². The number of nitrogens with zero attached hydrogens (tertiary/aromatic N) is 2. The Morgan fingerprint density at radius 3 is 2.30 bits per heavy atom. The normalized spacial score (nSPS) is 15.7. The number of amides is 3. The van der Waals surface area contributed by atoms with E-state index in [4.69, 9.17) is 4.74 Å². The molecule has 1 fully saturated rings. The van der Waals surface area contributed by atoms with Gasteiger partial charge in [-0.05, 0) is 6.42 Å². The average Bonchev–Trinajstić information content (AvgIpc) is 2.41. The number of hydrogen-bond acceptors (Lipinski definition) is 4. The topological polar surface area (TPSA) is 79.0 Å². The molecule has 1 heterocycles. The van der Waals surface area contributed by atoms with Crippen molar-refractivity contribution in [1.29, 1.82) is 0 Å². The largest absolute Gasteiger partial charge is 0.380 e. The van der Waals surface area contributed by atoms with Gasteiger partial charge in [-0.2, -0.15) is 0 Å². The van der Waals surface area contributed by atoms with Gasteiger partial charge >= 0.3 is 11.8 Å². The third-order valence-electron chi connectivity index (χ3n) is 3.01. The van der Waals surface area contributed by atoms with Gasteiger partial charge in [0.05, 0.1) is 6.61 Å². The van der Waals surface area contributed by atoms with Crippen LogP contribution in [0.25, 0.3) is 0 Å². The number of piperazine rings is 1. The molecule has 20 heavy (non-hydrogen) atoms. The fraction of sp³-hybridized carbons (Fsp3) is 0.769. The Hall–Kier alpha value is -1.63. The first-order valence-corrected chi connectivity index (χ1v) is 6.96. The standard InChI is InChI=1S/C13H23N3O4/c1-3-9-20-10-8-16-7-6-15(12(18)13(16)19)5-4-14-11(2)17/h3-10H2,1-2H3,(H,14,17). The van der Waals surface area contributed by atoms with Crippen LogP contribution in [0.4, 0.5) is 0 Å². The predicted octanol–water partition coefficient (Wildman–Crippen LogP) is -0.780. The summed E-state index contributed by atoms with van der Waals surface area (Å²) in [5.41, 5.74) is 0. The highest BCUT2D eigenvalue weighted by molar-refractivity contribution is 6.35. The summed E-state index contributed by atoms with van der Waals surface area (Å²) in [4.78, 5) is 37.5. The molecule has 1 aliphatic rings. The van der Waals surface area contributed by atoms with E-state index < -0.39 is 11.8 Å². The van der Waals surface area contributed by atoms with Gasteiger partial charge in [-0.3, -0.25) is 14.4 Å². The highest BCUT2D eigenvalue weighted by Gasteiger charge is 2.31. The Kier molecular flexibility index (Phi) is 7.00. The highest BCUT2D eigenvalue weighted by Crippen LogP contribution is 2.04. The quantitative estimate of drug-likeness (QED) is 0.469. The molecular weight excluding hydrogens is 262 g/mol. The molecule has 0 bridgehead atoms. The van der Waals surface area contributed by atoms with Crippen LogP contribution in [0.1, 0.15) is 20.3 Å². The molecule has 0 unspecified atom stereocenters. The number of ether oxygens (including phenoxy) is 1. The Morgan fingerprint density at radius 1 is 1.15 bits per heavy atom. The number of carbonyl (C=O) groups is 3. The third kappa shape index (κ3) is 5.16. The molecule has 7 heteroatoms. The zero-order chi connectivity index (χ0) is 15.0. The lowest BCUT2D eigenvalue weighted by Gasteiger charge is -2.33. The van der Waals surface area contributed by atoms with Crippen molar-refractivity contribution in [3.63, 3.8) is 0 Å². The van der Waals surface area contributed by atoms with E-state index in [1.807, 2.05) is 6.92 Å². The summed E-state index contributed by atoms with van der Waals surface area (Å²) >= 11 is 0. The number of carbonyl (C=O) groups excluding carboxylic acids is 3. The van der Waals surface area contributed by atoms with Crippen LogP contribution < -0.4 is 5.32 Å². The Bertz CT molecular complexity index is 360. The van der Waals surface area contributed by atoms with E-state index in [0.29, 0.717) is 45.9 Å². The summed E-state index contributed by atoms with van der Waals surface area (Å²) in [6, 6.07) is 0. The van der Waals surface area contributed by atoms with E-state index in [1.54, 1.807) is 0 Å². The van der Waals surface area contributed by atoms with Crippen molar-refractivity contribution in [3.05, 3.63) is 0 Å². The molecule has 0 aliphatic carbocycles. The Morgan fingerprint density at radius 2 is 1.75 bits per heavy atom. The summed E-state index contributed by atoms with van der Waals surface area (Å²) in [6.45, 7) is 6.75. The molecule has 3 amide bonds. The van der Waals surface area contributed by atoms with Crippen LogP contribution in [0.2, 0.25) is 0 Å². The SMILES string of the molecule is CCCOCCN1CCN(CCNC(C)=O)C(=O)C1=O. The first-order valence-electron chi connectivity index (χ1n) is 6.96. The summed E-state index contributed by atoms with van der Waals surface area (Å²) in [5, 5.41) is 2.61. The third-order valence-corrected chi connectivity index (χ3v) is 3.01. The molecule has 0 atom stereocenters. The van der Waals surface area contributed by atoms with Crippen molar-refractivity contribution in [3.8, 4) is 0 Å². The monoisotopic (exact) mass is 285 g/mol. The van der Waals surface area contributed by atoms with Gasteiger partial charge in [-0.1, -0.05) is 6.92 Å². The van der Waals surface area contributed by atoms with Crippen LogP contribution in [0.15, 0.2) is 0 Å². The molecule has 0 spiro atoms. The maximum Gasteiger partial charge on any atom is 0.312 e. The lowest BCUT2D eigenvalue weighted by molar-refractivity contribution is -0.156. The van der Waals surface area contributed by atoms with Gasteiger partial charge in [0.2, 0.25) is 5.91 Å². The first kappa shape index (κ1) is 16.4. The van der Waals surface area contributed by atoms with Gasteiger partial charge in [0, 0.05) is 46.3 Å². The molecule has 0 saturated carbocycles. The lowest BCUT2D eigenvalue weighted by Crippen LogP contribution is -2.56. The van der Waals surface area contributed by atoms with Gasteiger partial charge in [0.25, 0.3) is 0 Å². The van der Waals surface area contributed by atoms with Crippen LogP contribution in [0.3, 0.4) is 0 Å². The van der Waals surface area contributed by atoms with Gasteiger partial charge in [0.15, 0.2) is 0 Å². The summed E-state index contributed by atoms with van der Waals surface area (Å²) in [6.07, 6.45) is 0.934. The van der Waals surface area contributed by atoms with Crippen molar-refractivity contribution in [1.82, 2.24) is 15.1 Å². The Balaban J connectivity index is 2.32. The highest BCUT2D eigenvalue weighted by atomic mass is 16.5. The minimum Gasteiger partial charge on any atom is -0.380 e. The molecule has 0 radical (unpaired) electrons. The molecule has 1 aliphatic heterocycles. The Labute approximate surface area is 119 Å². The van der Waals surface area contributed by atoms with Crippen LogP contribution in [0.5, 0.6) is 0 Å². The second kappa shape index (κ2) is 8.52. The van der Waals surface area contributed by atoms with Crippen molar-refractivity contribution >= 4 is 17.7 Å². The van der Waals surface area contributed by atoms with E-state index >= 15 is 0 Å². The molecule has 1 saturated heterocycles. The average molecular weight is 285 g/mol. The second-order valence-electron chi connectivity index (χ2n) is 4.68. The van der Waals surface area contributed by atoms with Gasteiger partial charge < -0.3 is 19.9 Å². The van der Waals surface area contributed by atoms with E-state index in [1.165, 1.54) is 16.7 Å². The minimum absolute atomic E-state index is 0.143. The zero-order valence-electron chi connectivity index (χ0n) is 12.2. The molecule has 0 aromatic rings. The zero-order valence-corrected chi connectivity index (χ0v) is 12.2. The molecule has 1 rings (SSSR count). The van der Waals surface area contributed by atoms with Crippen molar-refractivity contribution < 1.29 is 19.1 Å². The molecule has 1 N–H and O–H groups in total. The van der Waals surface area contributed by atoms with Gasteiger partial charge in [-0.15, -0.1) is 0 Å². The van der Waals surface area contributed by atoms with Crippen LogP contribution in [0, 0.1) is 0 Å². The molecule has 114 valence electrons. The van der Waals surface area contributed by atoms with E-state index in [-0.39, 0.29) is 5.91 Å². The first-order chi connectivity index (χ1) is 9.56. The van der Waals surface area contributed by atoms with Gasteiger partial charge in [0.1, 0.15) is 0 Å². The van der Waals surface area contributed by atoms with Crippen LogP contribution in [-0.4, -0.2) is 73.5 Å². The molecular formula is C13H23N3O4. The summed E-state index contributed by atoms with van der Waals surface area (Å²) in [5.74, 6) is -1.13. The van der Waals surface area contributed by atoms with E-state index in [9.17, 15) is 14.4 Å². The fourth-order valence-electron chi connectivity index (χ4n) is 1.93. The summed E-state index contributed by atoms with van der Waals surface area (Å²) < 4.78 is 5.32. The van der Waals surface area contributed by atoms with Crippen molar-refractivity contribution in [2.24, 2.45) is 0 Å². The number of nitrogens with one attached hydrogen (secondary N) is 1. The fourth-order valence-corrected chi connectivity index (χ4v) is 1.93. The predicted molar refractivity (Wildman–Crippen MR) is 73.0 cm³/mol. The maximum absolute atomic E-state index is 11.9. The summed E-state index contributed by atoms with van der Waals surface area (Å²) in [7, 11) is 0. The smallest absolute Gasteiger partial charge is 0.312 e. The van der Waals surface area contributed by atoms with E-state index in [2.05, 4.69) is 5.32 Å². The van der Waals surface area contributed by atoms with Crippen LogP contribution >= 0.6 is 0 Å². The second-order valence-corrected chi connectivity index (χ2v) is 4.68. The van der Waals surface area contributed by atoms with Gasteiger partial charge in [-0.25, -0.2) is 0 Å². The van der Waals surface area contributed by atoms with Crippen molar-refractivity contribution in [2.45, 2.75) is 20.3 Å². The molecule has 0 aromatic carbocycles. The number of rotatable bonds is 8. The molecule has 7 nitrogen and oxygen atoms in total. The maximum atomic E-state index is 11.9.